The summed E-state index contributed by atoms with van der Waals surface area (Å²) in [6.45, 7) is 7.69. The van der Waals surface area contributed by atoms with Crippen molar-refractivity contribution in [2.45, 2.75) is 32.7 Å². The van der Waals surface area contributed by atoms with E-state index >= 15 is 0 Å². The summed E-state index contributed by atoms with van der Waals surface area (Å²) in [6, 6.07) is 3.82. The molecule has 2 aliphatic rings. The Kier molecular flexibility index (Phi) is 5.92. The molecule has 0 aliphatic carbocycles. The second-order valence-corrected chi connectivity index (χ2v) is 9.47. The Hall–Kier alpha value is -2.07. The summed E-state index contributed by atoms with van der Waals surface area (Å²) in [5, 5.41) is 9.81. The number of nitrogens with zero attached hydrogens (tertiary/aromatic N) is 6. The smallest absolute Gasteiger partial charge is 0.298 e. The van der Waals surface area contributed by atoms with E-state index in [2.05, 4.69) is 15.1 Å². The number of hydrogen-bond acceptors (Lipinski definition) is 7. The molecule has 0 N–H and O–H groups in total. The lowest BCUT2D eigenvalue weighted by Gasteiger charge is -2.27. The van der Waals surface area contributed by atoms with Gasteiger partial charge in [-0.3, -0.25) is 14.6 Å². The number of thiazole rings is 1. The number of aryl methyl sites for hydroxylation is 2. The van der Waals surface area contributed by atoms with Gasteiger partial charge in [-0.2, -0.15) is 0 Å². The van der Waals surface area contributed by atoms with Gasteiger partial charge in [0.1, 0.15) is 5.82 Å². The number of hydrogen-bond donors (Lipinski definition) is 0. The number of fused-ring (bicyclic) bond motifs is 2. The lowest BCUT2D eigenvalue weighted by Crippen LogP contribution is -2.39. The molecule has 4 heterocycles. The summed E-state index contributed by atoms with van der Waals surface area (Å²) in [7, 11) is 0. The van der Waals surface area contributed by atoms with Gasteiger partial charge in [-0.1, -0.05) is 22.9 Å². The van der Waals surface area contributed by atoms with Gasteiger partial charge in [0.15, 0.2) is 5.13 Å². The van der Waals surface area contributed by atoms with Crippen molar-refractivity contribution >= 4 is 44.2 Å². The number of ether oxygens (including phenoxy) is 1. The van der Waals surface area contributed by atoms with Crippen molar-refractivity contribution in [2.24, 2.45) is 0 Å². The first kappa shape index (κ1) is 20.8. The average molecular weight is 461 g/mol. The molecule has 0 atom stereocenters. The number of aromatic nitrogens is 4. The van der Waals surface area contributed by atoms with Crippen molar-refractivity contribution in [2.75, 3.05) is 44.3 Å². The van der Waals surface area contributed by atoms with E-state index in [0.717, 1.165) is 80.3 Å². The first-order valence-corrected chi connectivity index (χ1v) is 11.9. The molecule has 10 heteroatoms. The monoisotopic (exact) mass is 460 g/mol. The molecule has 0 unspecified atom stereocenters. The van der Waals surface area contributed by atoms with Crippen LogP contribution in [0.2, 0.25) is 5.02 Å². The fourth-order valence-electron chi connectivity index (χ4n) is 4.25. The van der Waals surface area contributed by atoms with Crippen molar-refractivity contribution in [1.29, 1.82) is 0 Å². The van der Waals surface area contributed by atoms with Crippen LogP contribution in [0.1, 0.15) is 34.8 Å². The normalized spacial score (nSPS) is 16.7. The molecule has 1 amide bonds. The minimum Gasteiger partial charge on any atom is -0.379 e. The number of anilines is 1. The van der Waals surface area contributed by atoms with E-state index in [1.54, 1.807) is 4.90 Å². The number of carbonyl (C=O) groups is 1. The van der Waals surface area contributed by atoms with Gasteiger partial charge < -0.3 is 9.30 Å². The number of morpholine rings is 1. The Morgan fingerprint density at radius 3 is 2.94 bits per heavy atom. The summed E-state index contributed by atoms with van der Waals surface area (Å²) in [5.41, 5.74) is 1.90. The molecule has 3 aromatic rings. The van der Waals surface area contributed by atoms with Gasteiger partial charge in [0.05, 0.1) is 23.4 Å². The highest BCUT2D eigenvalue weighted by Gasteiger charge is 2.29. The first-order chi connectivity index (χ1) is 15.1. The fourth-order valence-corrected chi connectivity index (χ4v) is 5.69. The molecule has 0 saturated carbocycles. The molecule has 164 valence electrons. The summed E-state index contributed by atoms with van der Waals surface area (Å²) in [4.78, 5) is 22.6. The third kappa shape index (κ3) is 4.19. The second-order valence-electron chi connectivity index (χ2n) is 8.03. The predicted octanol–water partition coefficient (Wildman–Crippen LogP) is 3.16. The molecule has 5 rings (SSSR count). The highest BCUT2D eigenvalue weighted by Crippen LogP contribution is 2.34. The van der Waals surface area contributed by atoms with Gasteiger partial charge in [-0.15, -0.1) is 10.2 Å². The van der Waals surface area contributed by atoms with Crippen LogP contribution < -0.4 is 4.90 Å². The van der Waals surface area contributed by atoms with Crippen LogP contribution in [-0.2, 0) is 17.7 Å². The molecule has 1 fully saturated rings. The Morgan fingerprint density at radius 1 is 1.26 bits per heavy atom. The molecular weight excluding hydrogens is 436 g/mol. The Morgan fingerprint density at radius 2 is 2.10 bits per heavy atom. The molecule has 1 aromatic carbocycles. The van der Waals surface area contributed by atoms with E-state index in [1.165, 1.54) is 11.3 Å². The van der Waals surface area contributed by atoms with Crippen molar-refractivity contribution in [1.82, 2.24) is 24.6 Å². The van der Waals surface area contributed by atoms with Crippen LogP contribution >= 0.6 is 22.9 Å². The van der Waals surface area contributed by atoms with Gasteiger partial charge in [-0.05, 0) is 37.5 Å². The Bertz CT molecular complexity index is 1110. The molecule has 0 radical (unpaired) electrons. The third-order valence-corrected chi connectivity index (χ3v) is 7.12. The largest absolute Gasteiger partial charge is 0.379 e. The van der Waals surface area contributed by atoms with E-state index in [9.17, 15) is 4.79 Å². The number of carbonyl (C=O) groups excluding carboxylic acids is 1. The molecule has 1 saturated heterocycles. The van der Waals surface area contributed by atoms with Crippen LogP contribution in [0.4, 0.5) is 5.13 Å². The van der Waals surface area contributed by atoms with Crippen LogP contribution in [0.15, 0.2) is 12.1 Å². The van der Waals surface area contributed by atoms with Crippen molar-refractivity contribution < 1.29 is 9.53 Å². The van der Waals surface area contributed by atoms with Gasteiger partial charge >= 0.3 is 0 Å². The van der Waals surface area contributed by atoms with Gasteiger partial charge in [-0.25, -0.2) is 4.98 Å². The number of rotatable bonds is 6. The molecular formula is C21H25ClN6O2S. The van der Waals surface area contributed by atoms with Gasteiger partial charge in [0, 0.05) is 44.2 Å². The summed E-state index contributed by atoms with van der Waals surface area (Å²) in [5.74, 6) is 1.17. The molecule has 0 bridgehead atoms. The summed E-state index contributed by atoms with van der Waals surface area (Å²) in [6.07, 6.45) is 2.72. The molecule has 2 aliphatic heterocycles. The quantitative estimate of drug-likeness (QED) is 0.562. The predicted molar refractivity (Wildman–Crippen MR) is 121 cm³/mol. The highest BCUT2D eigenvalue weighted by molar-refractivity contribution is 7.22. The van der Waals surface area contributed by atoms with Crippen molar-refractivity contribution in [3.05, 3.63) is 34.4 Å². The van der Waals surface area contributed by atoms with Crippen LogP contribution in [0.5, 0.6) is 0 Å². The standard InChI is InChI=1S/C21H25ClN6O2S/c1-14-12-15(22)13-16-18(14)23-21(31-16)28(7-3-5-26-8-10-30-11-9-26)20(29)19-25-24-17-4-2-6-27(17)19/h12-13H,2-11H2,1H3. The lowest BCUT2D eigenvalue weighted by atomic mass is 10.2. The van der Waals surface area contributed by atoms with Crippen LogP contribution in [0.25, 0.3) is 10.2 Å². The zero-order chi connectivity index (χ0) is 21.4. The highest BCUT2D eigenvalue weighted by atomic mass is 35.5. The van der Waals surface area contributed by atoms with E-state index < -0.39 is 0 Å². The topological polar surface area (TPSA) is 76.4 Å². The van der Waals surface area contributed by atoms with E-state index in [1.807, 2.05) is 23.6 Å². The minimum absolute atomic E-state index is 0.134. The van der Waals surface area contributed by atoms with E-state index in [4.69, 9.17) is 21.3 Å². The fraction of sp³-hybridized carbons (Fsp3) is 0.524. The summed E-state index contributed by atoms with van der Waals surface area (Å²) >= 11 is 7.75. The SMILES string of the molecule is Cc1cc(Cl)cc2sc(N(CCCN3CCOCC3)C(=O)c3nnc4n3CCC4)nc12. The number of halogens is 1. The van der Waals surface area contributed by atoms with Crippen LogP contribution in [-0.4, -0.2) is 69.9 Å². The maximum atomic E-state index is 13.6. The second kappa shape index (κ2) is 8.82. The zero-order valence-corrected chi connectivity index (χ0v) is 19.1. The average Bonchev–Trinajstić information content (AvgIpc) is 3.47. The summed E-state index contributed by atoms with van der Waals surface area (Å²) < 4.78 is 8.37. The third-order valence-electron chi connectivity index (χ3n) is 5.88. The molecule has 31 heavy (non-hydrogen) atoms. The Labute approximate surface area is 189 Å². The van der Waals surface area contributed by atoms with Gasteiger partial charge in [0.25, 0.3) is 5.91 Å². The number of benzene rings is 1. The van der Waals surface area contributed by atoms with Gasteiger partial charge in [0.2, 0.25) is 5.82 Å². The van der Waals surface area contributed by atoms with E-state index in [0.29, 0.717) is 22.5 Å². The first-order valence-electron chi connectivity index (χ1n) is 10.7. The van der Waals surface area contributed by atoms with E-state index in [-0.39, 0.29) is 5.91 Å². The molecule has 0 spiro atoms. The van der Waals surface area contributed by atoms with Crippen LogP contribution in [0, 0.1) is 6.92 Å². The van der Waals surface area contributed by atoms with Crippen LogP contribution in [0.3, 0.4) is 0 Å². The molecule has 2 aromatic heterocycles. The van der Waals surface area contributed by atoms with Crippen molar-refractivity contribution in [3.8, 4) is 0 Å². The Balaban J connectivity index is 1.43. The maximum absolute atomic E-state index is 13.6. The zero-order valence-electron chi connectivity index (χ0n) is 17.5. The number of amides is 1. The van der Waals surface area contributed by atoms with Crippen molar-refractivity contribution in [3.63, 3.8) is 0 Å². The minimum atomic E-state index is -0.134. The maximum Gasteiger partial charge on any atom is 0.298 e. The molecule has 8 nitrogen and oxygen atoms in total. The lowest BCUT2D eigenvalue weighted by molar-refractivity contribution is 0.0376.